The molecule has 96 valence electrons. The Labute approximate surface area is 113 Å². The first-order valence-corrected chi connectivity index (χ1v) is 6.48. The number of aromatic nitrogens is 1. The molecule has 18 heavy (non-hydrogen) atoms. The van der Waals surface area contributed by atoms with Gasteiger partial charge in [-0.05, 0) is 24.6 Å². The molecule has 0 saturated carbocycles. The fraction of sp³-hybridized carbons (Fsp3) is 0.333. The molecule has 1 aromatic heterocycles. The van der Waals surface area contributed by atoms with Gasteiger partial charge in [0.2, 0.25) is 0 Å². The zero-order chi connectivity index (χ0) is 13.0. The number of carbonyl (C=O) groups excluding carboxylic acids is 1. The number of anilines is 1. The molecule has 0 aliphatic rings. The van der Waals surface area contributed by atoms with Crippen LogP contribution in [0.25, 0.3) is 11.0 Å². The lowest BCUT2D eigenvalue weighted by Gasteiger charge is -2.03. The Balaban J connectivity index is 2.07. The number of rotatable bonds is 4. The van der Waals surface area contributed by atoms with Gasteiger partial charge in [-0.3, -0.25) is 5.32 Å². The van der Waals surface area contributed by atoms with Crippen molar-refractivity contribution >= 4 is 38.8 Å². The zero-order valence-corrected chi connectivity index (χ0v) is 11.5. The molecule has 0 radical (unpaired) electrons. The quantitative estimate of drug-likeness (QED) is 0.868. The van der Waals surface area contributed by atoms with Crippen molar-refractivity contribution in [2.24, 2.45) is 0 Å². The minimum atomic E-state index is -0.515. The van der Waals surface area contributed by atoms with Crippen LogP contribution in [0.5, 0.6) is 0 Å². The molecule has 0 aliphatic heterocycles. The number of ether oxygens (including phenoxy) is 1. The summed E-state index contributed by atoms with van der Waals surface area (Å²) < 4.78 is 11.0. The highest BCUT2D eigenvalue weighted by atomic mass is 79.9. The Bertz CT molecular complexity index is 553. The molecule has 0 fully saturated rings. The van der Waals surface area contributed by atoms with Crippen molar-refractivity contribution in [2.45, 2.75) is 19.8 Å². The molecule has 0 aliphatic carbocycles. The maximum Gasteiger partial charge on any atom is 0.412 e. The maximum absolute atomic E-state index is 11.5. The first kappa shape index (κ1) is 12.9. The molecule has 2 aromatic rings. The van der Waals surface area contributed by atoms with Crippen LogP contribution in [-0.4, -0.2) is 17.9 Å². The van der Waals surface area contributed by atoms with Gasteiger partial charge >= 0.3 is 6.09 Å². The monoisotopic (exact) mass is 312 g/mol. The molecule has 0 unspecified atom stereocenters. The van der Waals surface area contributed by atoms with Crippen LogP contribution < -0.4 is 5.32 Å². The predicted octanol–water partition coefficient (Wildman–Crippen LogP) is 3.94. The topological polar surface area (TPSA) is 64.4 Å². The van der Waals surface area contributed by atoms with Crippen molar-refractivity contribution in [3.05, 3.63) is 22.7 Å². The Morgan fingerprint density at radius 3 is 3.17 bits per heavy atom. The molecule has 1 N–H and O–H groups in total. The second-order valence-corrected chi connectivity index (χ2v) is 4.70. The SMILES string of the molecule is CCCCOC(=O)Nc1noc2ccc(Br)cc12. The van der Waals surface area contributed by atoms with Gasteiger partial charge in [-0.2, -0.15) is 0 Å². The third-order valence-electron chi connectivity index (χ3n) is 2.38. The maximum atomic E-state index is 11.5. The summed E-state index contributed by atoms with van der Waals surface area (Å²) in [5.74, 6) is 0.368. The second-order valence-electron chi connectivity index (χ2n) is 3.79. The summed E-state index contributed by atoms with van der Waals surface area (Å²) >= 11 is 3.36. The summed E-state index contributed by atoms with van der Waals surface area (Å²) in [5, 5.41) is 7.09. The number of nitrogens with one attached hydrogen (secondary N) is 1. The molecule has 0 spiro atoms. The second kappa shape index (κ2) is 5.86. The molecular weight excluding hydrogens is 300 g/mol. The number of amides is 1. The van der Waals surface area contributed by atoms with Gasteiger partial charge in [0, 0.05) is 4.47 Å². The van der Waals surface area contributed by atoms with E-state index in [1.807, 2.05) is 19.1 Å². The highest BCUT2D eigenvalue weighted by molar-refractivity contribution is 9.10. The van der Waals surface area contributed by atoms with E-state index in [1.54, 1.807) is 6.07 Å². The summed E-state index contributed by atoms with van der Waals surface area (Å²) in [4.78, 5) is 11.5. The molecule has 0 atom stereocenters. The van der Waals surface area contributed by atoms with Gasteiger partial charge in [-0.15, -0.1) is 0 Å². The minimum Gasteiger partial charge on any atom is -0.449 e. The van der Waals surface area contributed by atoms with E-state index in [4.69, 9.17) is 9.26 Å². The van der Waals surface area contributed by atoms with Gasteiger partial charge in [0.15, 0.2) is 11.4 Å². The Kier molecular flexibility index (Phi) is 4.19. The van der Waals surface area contributed by atoms with Crippen molar-refractivity contribution in [3.8, 4) is 0 Å². The fourth-order valence-corrected chi connectivity index (χ4v) is 1.80. The lowest BCUT2D eigenvalue weighted by molar-refractivity contribution is 0.159. The number of unbranched alkanes of at least 4 members (excludes halogenated alkanes) is 1. The highest BCUT2D eigenvalue weighted by Crippen LogP contribution is 2.26. The first-order valence-electron chi connectivity index (χ1n) is 5.69. The first-order chi connectivity index (χ1) is 8.70. The number of hydrogen-bond acceptors (Lipinski definition) is 4. The lowest BCUT2D eigenvalue weighted by Crippen LogP contribution is -2.14. The van der Waals surface area contributed by atoms with Gasteiger partial charge in [0.1, 0.15) is 0 Å². The van der Waals surface area contributed by atoms with E-state index < -0.39 is 6.09 Å². The molecule has 0 bridgehead atoms. The number of fused-ring (bicyclic) bond motifs is 1. The Morgan fingerprint density at radius 2 is 2.39 bits per heavy atom. The van der Waals surface area contributed by atoms with Crippen LogP contribution in [-0.2, 0) is 4.74 Å². The molecule has 1 heterocycles. The van der Waals surface area contributed by atoms with Crippen LogP contribution in [0.4, 0.5) is 10.6 Å². The van der Waals surface area contributed by atoms with Crippen LogP contribution in [0.1, 0.15) is 19.8 Å². The third kappa shape index (κ3) is 3.01. The van der Waals surface area contributed by atoms with Crippen LogP contribution in [0, 0.1) is 0 Å². The fourth-order valence-electron chi connectivity index (χ4n) is 1.44. The summed E-state index contributed by atoms with van der Waals surface area (Å²) in [6.45, 7) is 2.44. The number of carbonyl (C=O) groups is 1. The van der Waals surface area contributed by atoms with E-state index in [0.29, 0.717) is 18.0 Å². The molecule has 5 nitrogen and oxygen atoms in total. The Hall–Kier alpha value is -1.56. The van der Waals surface area contributed by atoms with Crippen LogP contribution in [0.3, 0.4) is 0 Å². The van der Waals surface area contributed by atoms with Crippen molar-refractivity contribution in [1.82, 2.24) is 5.16 Å². The molecule has 0 saturated heterocycles. The third-order valence-corrected chi connectivity index (χ3v) is 2.88. The smallest absolute Gasteiger partial charge is 0.412 e. The number of nitrogens with zero attached hydrogens (tertiary/aromatic N) is 1. The summed E-state index contributed by atoms with van der Waals surface area (Å²) in [6.07, 6.45) is 1.31. The van der Waals surface area contributed by atoms with E-state index in [9.17, 15) is 4.79 Å². The van der Waals surface area contributed by atoms with Crippen molar-refractivity contribution < 1.29 is 14.1 Å². The van der Waals surface area contributed by atoms with Crippen molar-refractivity contribution in [2.75, 3.05) is 11.9 Å². The zero-order valence-electron chi connectivity index (χ0n) is 9.90. The van der Waals surface area contributed by atoms with Crippen molar-refractivity contribution in [3.63, 3.8) is 0 Å². The molecule has 6 heteroatoms. The van der Waals surface area contributed by atoms with Gasteiger partial charge in [0.25, 0.3) is 0 Å². The van der Waals surface area contributed by atoms with Gasteiger partial charge in [-0.25, -0.2) is 4.79 Å². The van der Waals surface area contributed by atoms with E-state index in [0.717, 1.165) is 22.7 Å². The van der Waals surface area contributed by atoms with Crippen LogP contribution >= 0.6 is 15.9 Å². The summed E-state index contributed by atoms with van der Waals surface area (Å²) in [7, 11) is 0. The average molecular weight is 313 g/mol. The van der Waals surface area contributed by atoms with Gasteiger partial charge < -0.3 is 9.26 Å². The number of hydrogen-bond donors (Lipinski definition) is 1. The van der Waals surface area contributed by atoms with Gasteiger partial charge in [0.05, 0.1) is 12.0 Å². The average Bonchev–Trinajstić information content (AvgIpc) is 2.72. The Morgan fingerprint density at radius 1 is 1.56 bits per heavy atom. The van der Waals surface area contributed by atoms with E-state index in [1.165, 1.54) is 0 Å². The summed E-state index contributed by atoms with van der Waals surface area (Å²) in [6, 6.07) is 5.45. The molecular formula is C12H13BrN2O3. The largest absolute Gasteiger partial charge is 0.449 e. The van der Waals surface area contributed by atoms with Crippen molar-refractivity contribution in [1.29, 1.82) is 0 Å². The van der Waals surface area contributed by atoms with Gasteiger partial charge in [-0.1, -0.05) is 34.4 Å². The standard InChI is InChI=1S/C12H13BrN2O3/c1-2-3-6-17-12(16)14-11-9-7-8(13)4-5-10(9)18-15-11/h4-5,7H,2-3,6H2,1H3,(H,14,15,16). The van der Waals surface area contributed by atoms with Crippen LogP contribution in [0.2, 0.25) is 0 Å². The van der Waals surface area contributed by atoms with E-state index >= 15 is 0 Å². The molecule has 2 rings (SSSR count). The van der Waals surface area contributed by atoms with Crippen LogP contribution in [0.15, 0.2) is 27.2 Å². The molecule has 1 amide bonds. The highest BCUT2D eigenvalue weighted by Gasteiger charge is 2.12. The van der Waals surface area contributed by atoms with E-state index in [-0.39, 0.29) is 0 Å². The predicted molar refractivity (Wildman–Crippen MR) is 71.6 cm³/mol. The summed E-state index contributed by atoms with van der Waals surface area (Å²) in [5.41, 5.74) is 0.613. The van der Waals surface area contributed by atoms with E-state index in [2.05, 4.69) is 26.4 Å². The number of benzene rings is 1. The lowest BCUT2D eigenvalue weighted by atomic mass is 10.2. The minimum absolute atomic E-state index is 0.368. The number of halogens is 1. The normalized spacial score (nSPS) is 10.6. The molecule has 1 aromatic carbocycles.